The molecule has 1 N–H and O–H groups in total. The van der Waals surface area contributed by atoms with E-state index >= 15 is 0 Å². The standard InChI is InChI=1S/C14H19N5O2/c1-15-13-16-12(17-14(18-13)19(2)3)10-8-9(20-4)6-7-11(10)21-5/h6-8H,1-5H3,(H,15,16,17,18). The topological polar surface area (TPSA) is 72.4 Å². The second kappa shape index (κ2) is 6.25. The molecule has 112 valence electrons. The summed E-state index contributed by atoms with van der Waals surface area (Å²) < 4.78 is 10.6. The van der Waals surface area contributed by atoms with Crippen LogP contribution in [0.1, 0.15) is 0 Å². The van der Waals surface area contributed by atoms with Crippen molar-refractivity contribution < 1.29 is 9.47 Å². The van der Waals surface area contributed by atoms with Crippen molar-refractivity contribution in [2.24, 2.45) is 0 Å². The number of nitrogens with zero attached hydrogens (tertiary/aromatic N) is 4. The van der Waals surface area contributed by atoms with Crippen LogP contribution in [0.2, 0.25) is 0 Å². The Balaban J connectivity index is 2.62. The predicted octanol–water partition coefficient (Wildman–Crippen LogP) is 1.66. The summed E-state index contributed by atoms with van der Waals surface area (Å²) >= 11 is 0. The van der Waals surface area contributed by atoms with Crippen molar-refractivity contribution in [3.63, 3.8) is 0 Å². The zero-order chi connectivity index (χ0) is 15.4. The van der Waals surface area contributed by atoms with Gasteiger partial charge in [0, 0.05) is 21.1 Å². The van der Waals surface area contributed by atoms with Crippen molar-refractivity contribution >= 4 is 11.9 Å². The molecule has 0 saturated carbocycles. The van der Waals surface area contributed by atoms with Gasteiger partial charge in [-0.05, 0) is 18.2 Å². The summed E-state index contributed by atoms with van der Waals surface area (Å²) in [6, 6.07) is 5.49. The van der Waals surface area contributed by atoms with Gasteiger partial charge in [-0.15, -0.1) is 0 Å². The zero-order valence-corrected chi connectivity index (χ0v) is 12.8. The Morgan fingerprint density at radius 2 is 1.81 bits per heavy atom. The number of ether oxygens (including phenoxy) is 2. The van der Waals surface area contributed by atoms with Crippen LogP contribution in [0.25, 0.3) is 11.4 Å². The van der Waals surface area contributed by atoms with Crippen molar-refractivity contribution in [2.75, 3.05) is 45.6 Å². The number of hydrogen-bond acceptors (Lipinski definition) is 7. The minimum Gasteiger partial charge on any atom is -0.497 e. The first-order valence-electron chi connectivity index (χ1n) is 6.42. The first-order chi connectivity index (χ1) is 10.1. The maximum absolute atomic E-state index is 5.38. The van der Waals surface area contributed by atoms with Crippen molar-refractivity contribution in [3.8, 4) is 22.9 Å². The summed E-state index contributed by atoms with van der Waals surface area (Å²) in [6.45, 7) is 0. The molecule has 1 aromatic carbocycles. The zero-order valence-electron chi connectivity index (χ0n) is 12.8. The van der Waals surface area contributed by atoms with Crippen LogP contribution in [0.15, 0.2) is 18.2 Å². The molecule has 21 heavy (non-hydrogen) atoms. The van der Waals surface area contributed by atoms with Crippen LogP contribution < -0.4 is 19.7 Å². The quantitative estimate of drug-likeness (QED) is 0.897. The minimum atomic E-state index is 0.494. The molecule has 1 aromatic heterocycles. The molecular formula is C14H19N5O2. The maximum Gasteiger partial charge on any atom is 0.230 e. The largest absolute Gasteiger partial charge is 0.497 e. The number of anilines is 2. The lowest BCUT2D eigenvalue weighted by Gasteiger charge is -2.14. The van der Waals surface area contributed by atoms with Crippen molar-refractivity contribution in [1.29, 1.82) is 0 Å². The van der Waals surface area contributed by atoms with Gasteiger partial charge in [-0.2, -0.15) is 15.0 Å². The first kappa shape index (κ1) is 14.8. The number of methoxy groups -OCH3 is 2. The highest BCUT2D eigenvalue weighted by atomic mass is 16.5. The molecule has 2 rings (SSSR count). The van der Waals surface area contributed by atoms with Crippen LogP contribution in [0, 0.1) is 0 Å². The molecule has 0 aliphatic carbocycles. The van der Waals surface area contributed by atoms with Crippen LogP contribution >= 0.6 is 0 Å². The molecule has 7 heteroatoms. The van der Waals surface area contributed by atoms with E-state index in [1.165, 1.54) is 0 Å². The highest BCUT2D eigenvalue weighted by Gasteiger charge is 2.14. The first-order valence-corrected chi connectivity index (χ1v) is 6.42. The second-order valence-corrected chi connectivity index (χ2v) is 4.49. The van der Waals surface area contributed by atoms with Gasteiger partial charge < -0.3 is 19.7 Å². The monoisotopic (exact) mass is 289 g/mol. The van der Waals surface area contributed by atoms with Crippen molar-refractivity contribution in [3.05, 3.63) is 18.2 Å². The molecule has 0 aliphatic rings. The van der Waals surface area contributed by atoms with Gasteiger partial charge in [-0.3, -0.25) is 0 Å². The Morgan fingerprint density at radius 1 is 1.05 bits per heavy atom. The molecular weight excluding hydrogens is 270 g/mol. The van der Waals surface area contributed by atoms with E-state index in [0.29, 0.717) is 29.2 Å². The summed E-state index contributed by atoms with van der Waals surface area (Å²) in [5.41, 5.74) is 0.749. The summed E-state index contributed by atoms with van der Waals surface area (Å²) in [5.74, 6) is 2.97. The highest BCUT2D eigenvalue weighted by molar-refractivity contribution is 5.68. The Hall–Kier alpha value is -2.57. The van der Waals surface area contributed by atoms with Gasteiger partial charge in [-0.25, -0.2) is 0 Å². The molecule has 0 fully saturated rings. The van der Waals surface area contributed by atoms with Gasteiger partial charge in [-0.1, -0.05) is 0 Å². The fraction of sp³-hybridized carbons (Fsp3) is 0.357. The molecule has 2 aromatic rings. The number of hydrogen-bond donors (Lipinski definition) is 1. The van der Waals surface area contributed by atoms with Crippen LogP contribution in [-0.2, 0) is 0 Å². The van der Waals surface area contributed by atoms with E-state index in [-0.39, 0.29) is 0 Å². The molecule has 7 nitrogen and oxygen atoms in total. The van der Waals surface area contributed by atoms with E-state index in [1.807, 2.05) is 37.2 Å². The van der Waals surface area contributed by atoms with Gasteiger partial charge in [0.25, 0.3) is 0 Å². The average molecular weight is 289 g/mol. The smallest absolute Gasteiger partial charge is 0.230 e. The Bertz CT molecular complexity index is 631. The van der Waals surface area contributed by atoms with Gasteiger partial charge in [0.2, 0.25) is 11.9 Å². The number of benzene rings is 1. The lowest BCUT2D eigenvalue weighted by atomic mass is 10.1. The van der Waals surface area contributed by atoms with Crippen LogP contribution in [-0.4, -0.2) is 50.3 Å². The normalized spacial score (nSPS) is 10.1. The maximum atomic E-state index is 5.38. The van der Waals surface area contributed by atoms with E-state index in [0.717, 1.165) is 5.56 Å². The van der Waals surface area contributed by atoms with Crippen molar-refractivity contribution in [1.82, 2.24) is 15.0 Å². The number of rotatable bonds is 5. The molecule has 0 unspecified atom stereocenters. The molecule has 0 atom stereocenters. The van der Waals surface area contributed by atoms with Crippen LogP contribution in [0.4, 0.5) is 11.9 Å². The fourth-order valence-corrected chi connectivity index (χ4v) is 1.79. The van der Waals surface area contributed by atoms with Crippen LogP contribution in [0.5, 0.6) is 11.5 Å². The number of nitrogens with one attached hydrogen (secondary N) is 1. The van der Waals surface area contributed by atoms with Gasteiger partial charge in [0.1, 0.15) is 11.5 Å². The fourth-order valence-electron chi connectivity index (χ4n) is 1.79. The molecule has 0 bridgehead atoms. The summed E-state index contributed by atoms with van der Waals surface area (Å²) in [7, 11) is 8.74. The van der Waals surface area contributed by atoms with Gasteiger partial charge in [0.15, 0.2) is 5.82 Å². The van der Waals surface area contributed by atoms with Crippen molar-refractivity contribution in [2.45, 2.75) is 0 Å². The Kier molecular flexibility index (Phi) is 4.42. The predicted molar refractivity (Wildman–Crippen MR) is 82.2 cm³/mol. The van der Waals surface area contributed by atoms with E-state index < -0.39 is 0 Å². The molecule has 0 saturated heterocycles. The lowest BCUT2D eigenvalue weighted by Crippen LogP contribution is -2.15. The van der Waals surface area contributed by atoms with Gasteiger partial charge >= 0.3 is 0 Å². The molecule has 0 spiro atoms. The number of aromatic nitrogens is 3. The Morgan fingerprint density at radius 3 is 2.38 bits per heavy atom. The molecule has 0 radical (unpaired) electrons. The van der Waals surface area contributed by atoms with Gasteiger partial charge in [0.05, 0.1) is 19.8 Å². The third kappa shape index (κ3) is 3.13. The van der Waals surface area contributed by atoms with E-state index in [4.69, 9.17) is 9.47 Å². The lowest BCUT2D eigenvalue weighted by molar-refractivity contribution is 0.404. The summed E-state index contributed by atoms with van der Waals surface area (Å²) in [4.78, 5) is 15.0. The molecule has 0 aliphatic heterocycles. The molecule has 1 heterocycles. The van der Waals surface area contributed by atoms with E-state index in [1.54, 1.807) is 21.3 Å². The highest BCUT2D eigenvalue weighted by Crippen LogP contribution is 2.32. The van der Waals surface area contributed by atoms with Crippen LogP contribution in [0.3, 0.4) is 0 Å². The average Bonchev–Trinajstić information content (AvgIpc) is 2.53. The Labute approximate surface area is 124 Å². The third-order valence-electron chi connectivity index (χ3n) is 2.89. The second-order valence-electron chi connectivity index (χ2n) is 4.49. The third-order valence-corrected chi connectivity index (χ3v) is 2.89. The van der Waals surface area contributed by atoms with E-state index in [2.05, 4.69) is 20.3 Å². The summed E-state index contributed by atoms with van der Waals surface area (Å²) in [5, 5.41) is 2.94. The minimum absolute atomic E-state index is 0.494. The SMILES string of the molecule is CNc1nc(-c2cc(OC)ccc2OC)nc(N(C)C)n1. The van der Waals surface area contributed by atoms with E-state index in [9.17, 15) is 0 Å². The summed E-state index contributed by atoms with van der Waals surface area (Å²) in [6.07, 6.45) is 0. The molecule has 0 amide bonds.